The van der Waals surface area contributed by atoms with E-state index in [4.69, 9.17) is 0 Å². The third kappa shape index (κ3) is 3.54. The topological polar surface area (TPSA) is 9.72 Å². The summed E-state index contributed by atoms with van der Waals surface area (Å²) in [5.41, 5.74) is 4.17. The lowest BCUT2D eigenvalue weighted by atomic mass is 10.1. The number of allylic oxidation sites excluding steroid dienone is 1. The maximum atomic E-state index is 2.55. The van der Waals surface area contributed by atoms with Gasteiger partial charge in [-0.3, -0.25) is 4.90 Å². The fraction of sp³-hybridized carbons (Fsp3) is 0.529. The van der Waals surface area contributed by atoms with Crippen molar-refractivity contribution in [1.82, 2.24) is 9.80 Å². The summed E-state index contributed by atoms with van der Waals surface area (Å²) in [6.45, 7) is 9.90. The highest BCUT2D eigenvalue weighted by Gasteiger charge is 2.19. The van der Waals surface area contributed by atoms with Crippen molar-refractivity contribution in [2.45, 2.75) is 13.8 Å². The van der Waals surface area contributed by atoms with E-state index in [1.807, 2.05) is 0 Å². The number of nitrogens with zero attached hydrogens (tertiary/aromatic N) is 3. The van der Waals surface area contributed by atoms with E-state index in [0.29, 0.717) is 0 Å². The quantitative estimate of drug-likeness (QED) is 0.835. The van der Waals surface area contributed by atoms with Gasteiger partial charge < -0.3 is 9.80 Å². The number of hydrogen-bond acceptors (Lipinski definition) is 3. The van der Waals surface area contributed by atoms with Gasteiger partial charge in [0.25, 0.3) is 0 Å². The number of benzene rings is 1. The molecule has 3 heteroatoms. The normalized spacial score (nSPS) is 17.4. The second-order valence-corrected chi connectivity index (χ2v) is 5.72. The Bertz CT molecular complexity index is 457. The molecule has 110 valence electrons. The van der Waals surface area contributed by atoms with Crippen molar-refractivity contribution in [3.63, 3.8) is 0 Å². The predicted molar refractivity (Wildman–Crippen MR) is 87.3 cm³/mol. The van der Waals surface area contributed by atoms with E-state index < -0.39 is 0 Å². The minimum Gasteiger partial charge on any atom is -0.380 e. The minimum absolute atomic E-state index is 1.06. The van der Waals surface area contributed by atoms with Crippen LogP contribution >= 0.6 is 0 Å². The zero-order valence-electron chi connectivity index (χ0n) is 13.3. The number of hydrogen-bond donors (Lipinski definition) is 0. The van der Waals surface area contributed by atoms with Crippen LogP contribution in [0.5, 0.6) is 0 Å². The van der Waals surface area contributed by atoms with Gasteiger partial charge in [0, 0.05) is 58.2 Å². The number of rotatable bonds is 4. The Morgan fingerprint density at radius 1 is 1.15 bits per heavy atom. The van der Waals surface area contributed by atoms with Gasteiger partial charge in [-0.2, -0.15) is 0 Å². The Hall–Kier alpha value is -1.48. The van der Waals surface area contributed by atoms with Crippen molar-refractivity contribution in [1.29, 1.82) is 0 Å². The fourth-order valence-electron chi connectivity index (χ4n) is 2.79. The van der Waals surface area contributed by atoms with E-state index in [1.165, 1.54) is 16.9 Å². The van der Waals surface area contributed by atoms with Gasteiger partial charge in [-0.1, -0.05) is 24.3 Å². The predicted octanol–water partition coefficient (Wildman–Crippen LogP) is 2.58. The summed E-state index contributed by atoms with van der Waals surface area (Å²) in [6, 6.07) is 8.69. The molecule has 2 rings (SSSR count). The number of anilines is 1. The molecule has 1 aliphatic rings. The van der Waals surface area contributed by atoms with Crippen molar-refractivity contribution in [3.05, 3.63) is 41.6 Å². The molecule has 20 heavy (non-hydrogen) atoms. The van der Waals surface area contributed by atoms with Crippen LogP contribution in [0.1, 0.15) is 12.5 Å². The molecule has 0 radical (unpaired) electrons. The van der Waals surface area contributed by atoms with Crippen molar-refractivity contribution < 1.29 is 0 Å². The second-order valence-electron chi connectivity index (χ2n) is 5.72. The van der Waals surface area contributed by atoms with Crippen LogP contribution in [0.4, 0.5) is 5.69 Å². The monoisotopic (exact) mass is 273 g/mol. The van der Waals surface area contributed by atoms with Gasteiger partial charge >= 0.3 is 0 Å². The molecule has 0 aromatic heterocycles. The summed E-state index contributed by atoms with van der Waals surface area (Å²) in [4.78, 5) is 7.27. The average molecular weight is 273 g/mol. The molecule has 0 spiro atoms. The summed E-state index contributed by atoms with van der Waals surface area (Å²) >= 11 is 0. The smallest absolute Gasteiger partial charge is 0.0396 e. The van der Waals surface area contributed by atoms with Gasteiger partial charge in [0.2, 0.25) is 0 Å². The molecule has 0 bridgehead atoms. The van der Waals surface area contributed by atoms with E-state index in [2.05, 4.69) is 73.0 Å². The molecule has 0 amide bonds. The highest BCUT2D eigenvalue weighted by molar-refractivity contribution is 5.53. The Morgan fingerprint density at radius 2 is 1.80 bits per heavy atom. The summed E-state index contributed by atoms with van der Waals surface area (Å²) in [5.74, 6) is 0. The number of aryl methyl sites for hydroxylation is 1. The first-order chi connectivity index (χ1) is 9.61. The van der Waals surface area contributed by atoms with Crippen LogP contribution in [0, 0.1) is 6.92 Å². The van der Waals surface area contributed by atoms with Crippen LogP contribution in [0.15, 0.2) is 36.0 Å². The summed E-state index contributed by atoms with van der Waals surface area (Å²) in [5, 5.41) is 0. The summed E-state index contributed by atoms with van der Waals surface area (Å²) in [6.07, 6.45) is 2.22. The molecule has 0 unspecified atom stereocenters. The van der Waals surface area contributed by atoms with Gasteiger partial charge in [0.1, 0.15) is 0 Å². The van der Waals surface area contributed by atoms with Gasteiger partial charge in [-0.15, -0.1) is 0 Å². The van der Waals surface area contributed by atoms with Crippen LogP contribution in [0.25, 0.3) is 0 Å². The Kier molecular flexibility index (Phi) is 5.07. The first-order valence-corrected chi connectivity index (χ1v) is 7.47. The van der Waals surface area contributed by atoms with Crippen LogP contribution in [-0.4, -0.2) is 56.6 Å². The van der Waals surface area contributed by atoms with E-state index in [9.17, 15) is 0 Å². The first kappa shape index (κ1) is 14.9. The molecule has 0 saturated carbocycles. The molecule has 1 heterocycles. The van der Waals surface area contributed by atoms with Crippen LogP contribution in [-0.2, 0) is 0 Å². The molecule has 1 aromatic rings. The average Bonchev–Trinajstić information content (AvgIpc) is 2.46. The Morgan fingerprint density at radius 3 is 2.35 bits per heavy atom. The SMILES string of the molecule is C/C=C(/CN1CCN(c2ccccc2C)CC1)N(C)C. The van der Waals surface area contributed by atoms with Gasteiger partial charge in [0.15, 0.2) is 0 Å². The van der Waals surface area contributed by atoms with Crippen LogP contribution in [0.2, 0.25) is 0 Å². The van der Waals surface area contributed by atoms with E-state index in [-0.39, 0.29) is 0 Å². The minimum atomic E-state index is 1.06. The summed E-state index contributed by atoms with van der Waals surface area (Å²) in [7, 11) is 4.25. The van der Waals surface area contributed by atoms with Crippen molar-refractivity contribution in [2.24, 2.45) is 0 Å². The molecule has 0 aliphatic carbocycles. The molecule has 0 atom stereocenters. The molecule has 1 fully saturated rings. The second kappa shape index (κ2) is 6.80. The standard InChI is InChI=1S/C17H27N3/c1-5-16(18(3)4)14-19-10-12-20(13-11-19)17-9-7-6-8-15(17)2/h5-9H,10-14H2,1-4H3/b16-5-. The molecule has 0 N–H and O–H groups in total. The van der Waals surface area contributed by atoms with Crippen LogP contribution < -0.4 is 4.90 Å². The zero-order valence-corrected chi connectivity index (χ0v) is 13.3. The molecule has 3 nitrogen and oxygen atoms in total. The maximum absolute atomic E-state index is 2.55. The Labute approximate surface area is 123 Å². The first-order valence-electron chi connectivity index (χ1n) is 7.47. The fourth-order valence-corrected chi connectivity index (χ4v) is 2.79. The highest BCUT2D eigenvalue weighted by atomic mass is 15.3. The molecule has 1 aliphatic heterocycles. The lowest BCUT2D eigenvalue weighted by molar-refractivity contribution is 0.258. The molecule has 1 saturated heterocycles. The van der Waals surface area contributed by atoms with E-state index in [0.717, 1.165) is 32.7 Å². The molecular weight excluding hydrogens is 246 g/mol. The van der Waals surface area contributed by atoms with Gasteiger partial charge in [-0.25, -0.2) is 0 Å². The van der Waals surface area contributed by atoms with Crippen LogP contribution in [0.3, 0.4) is 0 Å². The number of para-hydroxylation sites is 1. The van der Waals surface area contributed by atoms with E-state index in [1.54, 1.807) is 0 Å². The van der Waals surface area contributed by atoms with Crippen molar-refractivity contribution in [2.75, 3.05) is 51.7 Å². The van der Waals surface area contributed by atoms with E-state index >= 15 is 0 Å². The van der Waals surface area contributed by atoms with Crippen molar-refractivity contribution >= 4 is 5.69 Å². The summed E-state index contributed by atoms with van der Waals surface area (Å²) < 4.78 is 0. The molecule has 1 aromatic carbocycles. The number of piperazine rings is 1. The largest absolute Gasteiger partial charge is 0.380 e. The zero-order chi connectivity index (χ0) is 14.5. The lowest BCUT2D eigenvalue weighted by Gasteiger charge is -2.37. The third-order valence-corrected chi connectivity index (χ3v) is 4.12. The highest BCUT2D eigenvalue weighted by Crippen LogP contribution is 2.21. The van der Waals surface area contributed by atoms with Gasteiger partial charge in [0.05, 0.1) is 0 Å². The van der Waals surface area contributed by atoms with Gasteiger partial charge in [-0.05, 0) is 25.5 Å². The lowest BCUT2D eigenvalue weighted by Crippen LogP contribution is -2.47. The maximum Gasteiger partial charge on any atom is 0.0396 e. The Balaban J connectivity index is 1.91. The molecular formula is C17H27N3. The number of likely N-dealkylation sites (N-methyl/N-ethyl adjacent to an activating group) is 1. The third-order valence-electron chi connectivity index (χ3n) is 4.12. The van der Waals surface area contributed by atoms with Crippen molar-refractivity contribution in [3.8, 4) is 0 Å².